The number of carbonyl (C=O) groups is 2. The zero-order chi connectivity index (χ0) is 16.3. The molecule has 0 saturated carbocycles. The van der Waals surface area contributed by atoms with Gasteiger partial charge in [-0.05, 0) is 23.0 Å². The van der Waals surface area contributed by atoms with Gasteiger partial charge < -0.3 is 9.80 Å². The fraction of sp³-hybridized carbons (Fsp3) is 0.556. The van der Waals surface area contributed by atoms with E-state index in [4.69, 9.17) is 0 Å². The lowest BCUT2D eigenvalue weighted by molar-refractivity contribution is -0.144. The number of hydrogen-bond acceptors (Lipinski definition) is 2. The van der Waals surface area contributed by atoms with Gasteiger partial charge in [-0.3, -0.25) is 9.59 Å². The maximum absolute atomic E-state index is 12.2. The molecule has 4 nitrogen and oxygen atoms in total. The van der Waals surface area contributed by atoms with E-state index in [9.17, 15) is 9.59 Å². The summed E-state index contributed by atoms with van der Waals surface area (Å²) >= 11 is 0. The molecule has 1 aliphatic rings. The lowest BCUT2D eigenvalue weighted by Gasteiger charge is -2.32. The third-order valence-electron chi connectivity index (χ3n) is 4.26. The number of benzene rings is 1. The largest absolute Gasteiger partial charge is 0.342 e. The zero-order valence-electron chi connectivity index (χ0n) is 14.1. The third-order valence-corrected chi connectivity index (χ3v) is 4.26. The van der Waals surface area contributed by atoms with Crippen LogP contribution in [0, 0.1) is 0 Å². The highest BCUT2D eigenvalue weighted by Crippen LogP contribution is 2.22. The van der Waals surface area contributed by atoms with Crippen LogP contribution in [0.1, 0.15) is 38.3 Å². The molecule has 0 atom stereocenters. The van der Waals surface area contributed by atoms with Crippen molar-refractivity contribution in [3.63, 3.8) is 0 Å². The Morgan fingerprint density at radius 2 is 1.77 bits per heavy atom. The summed E-state index contributed by atoms with van der Waals surface area (Å²) in [6.07, 6.45) is 1.19. The molecule has 1 saturated heterocycles. The van der Waals surface area contributed by atoms with Gasteiger partial charge in [-0.1, -0.05) is 45.0 Å². The third kappa shape index (κ3) is 4.09. The first-order valence-corrected chi connectivity index (χ1v) is 7.88. The summed E-state index contributed by atoms with van der Waals surface area (Å²) in [5, 5.41) is 0. The average Bonchev–Trinajstić information content (AvgIpc) is 2.47. The van der Waals surface area contributed by atoms with Crippen LogP contribution >= 0.6 is 0 Å². The van der Waals surface area contributed by atoms with Crippen LogP contribution in [0.25, 0.3) is 0 Å². The Hall–Kier alpha value is -1.84. The van der Waals surface area contributed by atoms with Crippen molar-refractivity contribution in [2.45, 2.75) is 39.0 Å². The molecule has 4 heteroatoms. The maximum atomic E-state index is 12.2. The molecule has 2 amide bonds. The molecule has 0 radical (unpaired) electrons. The van der Waals surface area contributed by atoms with Gasteiger partial charge in [0.2, 0.25) is 11.8 Å². The fourth-order valence-corrected chi connectivity index (χ4v) is 2.55. The lowest BCUT2D eigenvalue weighted by atomic mass is 9.86. The van der Waals surface area contributed by atoms with E-state index in [1.165, 1.54) is 11.1 Å². The highest BCUT2D eigenvalue weighted by molar-refractivity contribution is 5.85. The van der Waals surface area contributed by atoms with Crippen molar-refractivity contribution in [3.8, 4) is 0 Å². The molecule has 120 valence electrons. The smallest absolute Gasteiger partial charge is 0.241 e. The summed E-state index contributed by atoms with van der Waals surface area (Å²) < 4.78 is 0. The SMILES string of the molecule is CN1CCN(C(=O)CCc2ccc(C(C)(C)C)cc2)CC1=O. The van der Waals surface area contributed by atoms with Crippen molar-refractivity contribution in [2.24, 2.45) is 0 Å². The van der Waals surface area contributed by atoms with E-state index in [2.05, 4.69) is 45.0 Å². The first-order valence-electron chi connectivity index (χ1n) is 7.88. The monoisotopic (exact) mass is 302 g/mol. The quantitative estimate of drug-likeness (QED) is 0.859. The Labute approximate surface area is 133 Å². The molecular formula is C18H26N2O2. The molecule has 2 rings (SSSR count). The Balaban J connectivity index is 1.87. The van der Waals surface area contributed by atoms with Crippen LogP contribution in [-0.4, -0.2) is 48.3 Å². The molecule has 0 spiro atoms. The normalized spacial score (nSPS) is 16.1. The van der Waals surface area contributed by atoms with Crippen molar-refractivity contribution < 1.29 is 9.59 Å². The molecule has 0 unspecified atom stereocenters. The minimum absolute atomic E-state index is 0.0223. The zero-order valence-corrected chi connectivity index (χ0v) is 14.1. The molecule has 0 bridgehead atoms. The van der Waals surface area contributed by atoms with Crippen LogP contribution in [0.4, 0.5) is 0 Å². The summed E-state index contributed by atoms with van der Waals surface area (Å²) in [5.74, 6) is 0.0930. The molecule has 0 aliphatic carbocycles. The first-order chi connectivity index (χ1) is 10.3. The average molecular weight is 302 g/mol. The van der Waals surface area contributed by atoms with Gasteiger partial charge in [0.05, 0.1) is 6.54 Å². The topological polar surface area (TPSA) is 40.6 Å². The highest BCUT2D eigenvalue weighted by Gasteiger charge is 2.24. The summed E-state index contributed by atoms with van der Waals surface area (Å²) in [5.41, 5.74) is 2.61. The van der Waals surface area contributed by atoms with Gasteiger partial charge in [-0.25, -0.2) is 0 Å². The number of carbonyl (C=O) groups excluding carboxylic acids is 2. The van der Waals surface area contributed by atoms with Crippen LogP contribution in [0.5, 0.6) is 0 Å². The Morgan fingerprint density at radius 1 is 1.14 bits per heavy atom. The molecule has 1 aromatic rings. The predicted octanol–water partition coefficient (Wildman–Crippen LogP) is 2.22. The number of hydrogen-bond donors (Lipinski definition) is 0. The summed E-state index contributed by atoms with van der Waals surface area (Å²) in [4.78, 5) is 27.2. The summed E-state index contributed by atoms with van der Waals surface area (Å²) in [6, 6.07) is 8.48. The van der Waals surface area contributed by atoms with Gasteiger partial charge in [0.15, 0.2) is 0 Å². The second-order valence-corrected chi connectivity index (χ2v) is 7.08. The molecular weight excluding hydrogens is 276 g/mol. The fourth-order valence-electron chi connectivity index (χ4n) is 2.55. The Kier molecular flexibility index (Phi) is 4.89. The van der Waals surface area contributed by atoms with Crippen molar-refractivity contribution in [1.29, 1.82) is 0 Å². The molecule has 0 aromatic heterocycles. The number of nitrogens with zero attached hydrogens (tertiary/aromatic N) is 2. The van der Waals surface area contributed by atoms with Crippen molar-refractivity contribution >= 4 is 11.8 Å². The number of amides is 2. The molecule has 1 fully saturated rings. The number of piperazine rings is 1. The van der Waals surface area contributed by atoms with Gasteiger partial charge >= 0.3 is 0 Å². The predicted molar refractivity (Wildman–Crippen MR) is 87.7 cm³/mol. The van der Waals surface area contributed by atoms with Gasteiger partial charge in [0.1, 0.15) is 0 Å². The van der Waals surface area contributed by atoms with Gasteiger partial charge in [0.25, 0.3) is 0 Å². The maximum Gasteiger partial charge on any atom is 0.241 e. The van der Waals surface area contributed by atoms with E-state index in [0.29, 0.717) is 19.5 Å². The van der Waals surface area contributed by atoms with E-state index in [1.54, 1.807) is 16.8 Å². The van der Waals surface area contributed by atoms with Gasteiger partial charge in [-0.2, -0.15) is 0 Å². The molecule has 1 aromatic carbocycles. The van der Waals surface area contributed by atoms with Crippen LogP contribution in [0.15, 0.2) is 24.3 Å². The van der Waals surface area contributed by atoms with E-state index < -0.39 is 0 Å². The molecule has 22 heavy (non-hydrogen) atoms. The van der Waals surface area contributed by atoms with Crippen molar-refractivity contribution in [1.82, 2.24) is 9.80 Å². The van der Waals surface area contributed by atoms with Crippen molar-refractivity contribution in [2.75, 3.05) is 26.7 Å². The van der Waals surface area contributed by atoms with Gasteiger partial charge in [-0.15, -0.1) is 0 Å². The van der Waals surface area contributed by atoms with E-state index >= 15 is 0 Å². The second-order valence-electron chi connectivity index (χ2n) is 7.08. The standard InChI is InChI=1S/C18H26N2O2/c1-18(2,3)15-8-5-14(6-9-15)7-10-16(21)20-12-11-19(4)17(22)13-20/h5-6,8-9H,7,10-13H2,1-4H3. The van der Waals surface area contributed by atoms with Crippen molar-refractivity contribution in [3.05, 3.63) is 35.4 Å². The second kappa shape index (κ2) is 6.51. The Morgan fingerprint density at radius 3 is 2.32 bits per heavy atom. The summed E-state index contributed by atoms with van der Waals surface area (Å²) in [6.45, 7) is 8.06. The lowest BCUT2D eigenvalue weighted by Crippen LogP contribution is -2.50. The molecule has 1 aliphatic heterocycles. The highest BCUT2D eigenvalue weighted by atomic mass is 16.2. The number of rotatable bonds is 3. The molecule has 1 heterocycles. The van der Waals surface area contributed by atoms with E-state index in [1.807, 2.05) is 0 Å². The number of aryl methyl sites for hydroxylation is 1. The summed E-state index contributed by atoms with van der Waals surface area (Å²) in [7, 11) is 1.78. The first kappa shape index (κ1) is 16.5. The minimum Gasteiger partial charge on any atom is -0.342 e. The van der Waals surface area contributed by atoms with Crippen LogP contribution < -0.4 is 0 Å². The van der Waals surface area contributed by atoms with E-state index in [-0.39, 0.29) is 23.8 Å². The minimum atomic E-state index is 0.0223. The molecule has 0 N–H and O–H groups in total. The van der Waals surface area contributed by atoms with E-state index in [0.717, 1.165) is 6.42 Å². The van der Waals surface area contributed by atoms with Gasteiger partial charge in [0, 0.05) is 26.6 Å². The number of likely N-dealkylation sites (N-methyl/N-ethyl adjacent to an activating group) is 1. The Bertz CT molecular complexity index is 543. The van der Waals surface area contributed by atoms with Crippen LogP contribution in [0.3, 0.4) is 0 Å². The van der Waals surface area contributed by atoms with Crippen LogP contribution in [0.2, 0.25) is 0 Å². The van der Waals surface area contributed by atoms with Crippen LogP contribution in [-0.2, 0) is 21.4 Å².